The Balaban J connectivity index is 1.97. The van der Waals surface area contributed by atoms with Crippen LogP contribution in [0.2, 0.25) is 0 Å². The minimum absolute atomic E-state index is 0.0647. The van der Waals surface area contributed by atoms with Crippen LogP contribution in [-0.4, -0.2) is 32.4 Å². The highest BCUT2D eigenvalue weighted by Crippen LogP contribution is 2.39. The second-order valence-electron chi connectivity index (χ2n) is 8.82. The van der Waals surface area contributed by atoms with Crippen LogP contribution in [0, 0.1) is 21.4 Å². The van der Waals surface area contributed by atoms with Crippen LogP contribution in [0.3, 0.4) is 0 Å². The van der Waals surface area contributed by atoms with Gasteiger partial charge in [0, 0.05) is 18.7 Å². The van der Waals surface area contributed by atoms with E-state index in [1.807, 2.05) is 13.8 Å². The largest absolute Gasteiger partial charge is 0.490 e. The number of ether oxygens (including phenoxy) is 1. The smallest absolute Gasteiger partial charge is 0.289 e. The molecule has 32 heavy (non-hydrogen) atoms. The fourth-order valence-corrected chi connectivity index (χ4v) is 4.59. The number of amides is 1. The molecule has 0 radical (unpaired) electrons. The highest BCUT2D eigenvalue weighted by atomic mass is 32.2. The summed E-state index contributed by atoms with van der Waals surface area (Å²) in [6.07, 6.45) is 0.799. The molecule has 3 rings (SSSR count). The van der Waals surface area contributed by atoms with Gasteiger partial charge in [0.1, 0.15) is 12.4 Å². The molecule has 0 aromatic heterocycles. The lowest BCUT2D eigenvalue weighted by atomic mass is 9.92. The first-order valence-corrected chi connectivity index (χ1v) is 11.8. The molecule has 0 unspecified atom stereocenters. The van der Waals surface area contributed by atoms with Gasteiger partial charge in [0.15, 0.2) is 4.90 Å². The molecule has 1 aliphatic rings. The summed E-state index contributed by atoms with van der Waals surface area (Å²) < 4.78 is 33.9. The topological polar surface area (TPSA) is 119 Å². The Morgan fingerprint density at radius 1 is 1.22 bits per heavy atom. The molecule has 1 aliphatic heterocycles. The van der Waals surface area contributed by atoms with Crippen molar-refractivity contribution in [3.63, 3.8) is 0 Å². The maximum absolute atomic E-state index is 13.1. The van der Waals surface area contributed by atoms with Crippen LogP contribution >= 0.6 is 0 Å². The second-order valence-corrected chi connectivity index (χ2v) is 10.5. The number of nitrogens with one attached hydrogen (secondary N) is 1. The third-order valence-electron chi connectivity index (χ3n) is 5.20. The molecule has 1 N–H and O–H groups in total. The summed E-state index contributed by atoms with van der Waals surface area (Å²) in [6.45, 7) is 8.41. The van der Waals surface area contributed by atoms with E-state index in [0.717, 1.165) is 12.5 Å². The van der Waals surface area contributed by atoms with Gasteiger partial charge in [0.05, 0.1) is 21.7 Å². The SMILES string of the molecule is CC(C)CCN1C(=O)C(C)(C)COc2cc(NS(=O)(=O)c3ccccc3[N+](=O)[O-])ccc21. The third kappa shape index (κ3) is 4.85. The average molecular weight is 462 g/mol. The first-order valence-electron chi connectivity index (χ1n) is 10.3. The molecule has 10 heteroatoms. The molecule has 0 aliphatic carbocycles. The number of nitrogens with zero attached hydrogens (tertiary/aromatic N) is 2. The monoisotopic (exact) mass is 461 g/mol. The van der Waals surface area contributed by atoms with Crippen molar-refractivity contribution in [2.45, 2.75) is 39.0 Å². The van der Waals surface area contributed by atoms with Crippen LogP contribution in [0.5, 0.6) is 5.75 Å². The molecule has 0 saturated carbocycles. The van der Waals surface area contributed by atoms with Gasteiger partial charge in [-0.05, 0) is 44.4 Å². The lowest BCUT2D eigenvalue weighted by molar-refractivity contribution is -0.387. The quantitative estimate of drug-likeness (QED) is 0.488. The van der Waals surface area contributed by atoms with E-state index in [1.165, 1.54) is 30.3 Å². The molecule has 0 bridgehead atoms. The minimum Gasteiger partial charge on any atom is -0.490 e. The van der Waals surface area contributed by atoms with E-state index in [9.17, 15) is 23.3 Å². The molecule has 0 saturated heterocycles. The number of fused-ring (bicyclic) bond motifs is 1. The molecular formula is C22H27N3O6S. The summed E-state index contributed by atoms with van der Waals surface area (Å²) in [7, 11) is -4.22. The standard InChI is InChI=1S/C22H27N3O6S/c1-15(2)11-12-24-17-10-9-16(13-19(17)31-14-22(3,4)21(24)26)23-32(29,30)20-8-6-5-7-18(20)25(27)28/h5-10,13,15,23H,11-12,14H2,1-4H3. The zero-order valence-corrected chi connectivity index (χ0v) is 19.3. The van der Waals surface area contributed by atoms with Gasteiger partial charge in [-0.25, -0.2) is 8.42 Å². The summed E-state index contributed by atoms with van der Waals surface area (Å²) in [5, 5.41) is 11.2. The predicted octanol–water partition coefficient (Wildman–Crippen LogP) is 4.19. The summed E-state index contributed by atoms with van der Waals surface area (Å²) in [4.78, 5) is 24.9. The molecule has 0 spiro atoms. The zero-order valence-electron chi connectivity index (χ0n) is 18.5. The number of carbonyl (C=O) groups is 1. The summed E-state index contributed by atoms with van der Waals surface area (Å²) in [5.41, 5.74) is -0.522. The van der Waals surface area contributed by atoms with E-state index < -0.39 is 30.9 Å². The Kier molecular flexibility index (Phi) is 6.45. The van der Waals surface area contributed by atoms with Crippen LogP contribution in [0.1, 0.15) is 34.1 Å². The molecule has 0 fully saturated rings. The number of para-hydroxylation sites is 1. The summed E-state index contributed by atoms with van der Waals surface area (Å²) >= 11 is 0. The lowest BCUT2D eigenvalue weighted by Gasteiger charge is -2.28. The van der Waals surface area contributed by atoms with Crippen LogP contribution in [0.15, 0.2) is 47.4 Å². The number of nitro benzene ring substituents is 1. The second kappa shape index (κ2) is 8.78. The highest BCUT2D eigenvalue weighted by Gasteiger charge is 2.38. The average Bonchev–Trinajstić information content (AvgIpc) is 2.81. The maximum atomic E-state index is 13.1. The minimum atomic E-state index is -4.22. The molecule has 2 aromatic carbocycles. The van der Waals surface area contributed by atoms with Crippen molar-refractivity contribution in [1.29, 1.82) is 0 Å². The van der Waals surface area contributed by atoms with E-state index in [0.29, 0.717) is 23.9 Å². The molecular weight excluding hydrogens is 434 g/mol. The van der Waals surface area contributed by atoms with Crippen LogP contribution in [-0.2, 0) is 14.8 Å². The molecule has 1 heterocycles. The Hall–Kier alpha value is -3.14. The van der Waals surface area contributed by atoms with Gasteiger partial charge in [-0.15, -0.1) is 0 Å². The van der Waals surface area contributed by atoms with Gasteiger partial charge in [-0.2, -0.15) is 0 Å². The van der Waals surface area contributed by atoms with Crippen molar-refractivity contribution in [3.8, 4) is 5.75 Å². The van der Waals surface area contributed by atoms with Gasteiger partial charge >= 0.3 is 0 Å². The lowest BCUT2D eigenvalue weighted by Crippen LogP contribution is -2.42. The summed E-state index contributed by atoms with van der Waals surface area (Å²) in [5.74, 6) is 0.701. The molecule has 0 atom stereocenters. The first kappa shape index (κ1) is 23.5. The Bertz CT molecular complexity index is 1140. The van der Waals surface area contributed by atoms with Crippen molar-refractivity contribution in [1.82, 2.24) is 0 Å². The number of benzene rings is 2. The third-order valence-corrected chi connectivity index (χ3v) is 6.63. The predicted molar refractivity (Wildman–Crippen MR) is 121 cm³/mol. The van der Waals surface area contributed by atoms with Gasteiger partial charge in [-0.1, -0.05) is 26.0 Å². The van der Waals surface area contributed by atoms with E-state index in [-0.39, 0.29) is 18.2 Å². The molecule has 172 valence electrons. The van der Waals surface area contributed by atoms with E-state index in [2.05, 4.69) is 18.6 Å². The van der Waals surface area contributed by atoms with E-state index >= 15 is 0 Å². The van der Waals surface area contributed by atoms with Crippen LogP contribution in [0.25, 0.3) is 0 Å². The summed E-state index contributed by atoms with van der Waals surface area (Å²) in [6, 6.07) is 9.78. The first-order chi connectivity index (χ1) is 14.9. The fourth-order valence-electron chi connectivity index (χ4n) is 3.37. The van der Waals surface area contributed by atoms with Crippen molar-refractivity contribution in [2.75, 3.05) is 22.8 Å². The number of carbonyl (C=O) groups excluding carboxylic acids is 1. The number of rotatable bonds is 7. The van der Waals surface area contributed by atoms with Gasteiger partial charge in [0.2, 0.25) is 5.91 Å². The highest BCUT2D eigenvalue weighted by molar-refractivity contribution is 7.92. The van der Waals surface area contributed by atoms with Gasteiger partial charge in [0.25, 0.3) is 15.7 Å². The number of nitro groups is 1. The number of hydrogen-bond acceptors (Lipinski definition) is 6. The van der Waals surface area contributed by atoms with Crippen molar-refractivity contribution >= 4 is 33.0 Å². The fraction of sp³-hybridized carbons (Fsp3) is 0.409. The Labute approximate surface area is 187 Å². The van der Waals surface area contributed by atoms with Gasteiger partial charge < -0.3 is 9.64 Å². The van der Waals surface area contributed by atoms with Crippen molar-refractivity contribution in [2.24, 2.45) is 11.3 Å². The number of hydrogen-bond donors (Lipinski definition) is 1. The van der Waals surface area contributed by atoms with Crippen LogP contribution in [0.4, 0.5) is 17.1 Å². The van der Waals surface area contributed by atoms with E-state index in [4.69, 9.17) is 4.74 Å². The molecule has 2 aromatic rings. The van der Waals surface area contributed by atoms with Crippen molar-refractivity contribution < 1.29 is 22.9 Å². The van der Waals surface area contributed by atoms with Crippen molar-refractivity contribution in [3.05, 3.63) is 52.6 Å². The maximum Gasteiger partial charge on any atom is 0.289 e. The zero-order chi connectivity index (χ0) is 23.7. The number of anilines is 2. The normalized spacial score (nSPS) is 15.7. The van der Waals surface area contributed by atoms with Gasteiger partial charge in [-0.3, -0.25) is 19.6 Å². The Morgan fingerprint density at radius 2 is 1.91 bits per heavy atom. The van der Waals surface area contributed by atoms with Crippen LogP contribution < -0.4 is 14.4 Å². The van der Waals surface area contributed by atoms with E-state index in [1.54, 1.807) is 11.0 Å². The number of sulfonamides is 1. The molecule has 1 amide bonds. The Morgan fingerprint density at radius 3 is 2.56 bits per heavy atom. The molecule has 9 nitrogen and oxygen atoms in total.